The number of carbonyl (C=O) groups excluding carboxylic acids is 1. The highest BCUT2D eigenvalue weighted by molar-refractivity contribution is 6.34. The number of benzene rings is 1. The smallest absolute Gasteiger partial charge is 0.291 e. The molecule has 0 bridgehead atoms. The number of para-hydroxylation sites is 1. The molecule has 5 nitrogen and oxygen atoms in total. The maximum absolute atomic E-state index is 12.3. The lowest BCUT2D eigenvalue weighted by atomic mass is 10.2. The van der Waals surface area contributed by atoms with Crippen molar-refractivity contribution in [2.75, 3.05) is 31.4 Å². The van der Waals surface area contributed by atoms with E-state index in [1.165, 1.54) is 6.26 Å². The molecule has 0 fully saturated rings. The topological polar surface area (TPSA) is 54.7 Å². The number of nitrogens with one attached hydrogen (secondary N) is 1. The van der Waals surface area contributed by atoms with E-state index in [0.29, 0.717) is 22.9 Å². The zero-order valence-electron chi connectivity index (χ0n) is 12.1. The van der Waals surface area contributed by atoms with Gasteiger partial charge in [-0.3, -0.25) is 4.79 Å². The molecule has 0 radical (unpaired) electrons. The summed E-state index contributed by atoms with van der Waals surface area (Å²) in [6.45, 7) is 0.315. The minimum atomic E-state index is -0.336. The van der Waals surface area contributed by atoms with E-state index in [9.17, 15) is 4.79 Å². The van der Waals surface area contributed by atoms with E-state index in [1.807, 2.05) is 19.0 Å². The van der Waals surface area contributed by atoms with Crippen LogP contribution in [0.5, 0.6) is 0 Å². The number of rotatable bonds is 5. The molecule has 112 valence electrons. The number of hydrogen-bond acceptors (Lipinski definition) is 4. The first kappa shape index (κ1) is 15.4. The average Bonchev–Trinajstić information content (AvgIpc) is 2.87. The molecule has 0 saturated heterocycles. The molecule has 2 aromatic rings. The zero-order chi connectivity index (χ0) is 15.4. The van der Waals surface area contributed by atoms with Gasteiger partial charge in [0.2, 0.25) is 0 Å². The Hall–Kier alpha value is -1.98. The third-order valence-electron chi connectivity index (χ3n) is 2.94. The Labute approximate surface area is 128 Å². The third-order valence-corrected chi connectivity index (χ3v) is 3.24. The van der Waals surface area contributed by atoms with Crippen molar-refractivity contribution in [3.63, 3.8) is 0 Å². The van der Waals surface area contributed by atoms with E-state index in [-0.39, 0.29) is 11.7 Å². The molecule has 6 heteroatoms. The van der Waals surface area contributed by atoms with Crippen LogP contribution in [0.1, 0.15) is 16.1 Å². The summed E-state index contributed by atoms with van der Waals surface area (Å²) in [5.41, 5.74) is 2.06. The Kier molecular flexibility index (Phi) is 4.88. The minimum Gasteiger partial charge on any atom is -0.459 e. The molecule has 0 spiro atoms. The van der Waals surface area contributed by atoms with Gasteiger partial charge in [0, 0.05) is 26.8 Å². The van der Waals surface area contributed by atoms with Crippen LogP contribution in [0.2, 0.25) is 5.02 Å². The maximum atomic E-state index is 12.3. The van der Waals surface area contributed by atoms with E-state index in [0.717, 1.165) is 5.69 Å². The van der Waals surface area contributed by atoms with Crippen LogP contribution in [0.15, 0.2) is 34.9 Å². The number of nitrogens with zero attached hydrogens (tertiary/aromatic N) is 1. The molecule has 1 amide bonds. The third kappa shape index (κ3) is 3.37. The molecule has 0 saturated carbocycles. The predicted molar refractivity (Wildman–Crippen MR) is 83.2 cm³/mol. The van der Waals surface area contributed by atoms with Gasteiger partial charge in [0.05, 0.1) is 29.3 Å². The number of carbonyl (C=O) groups is 1. The van der Waals surface area contributed by atoms with Gasteiger partial charge in [0.25, 0.3) is 5.91 Å². The van der Waals surface area contributed by atoms with E-state index in [2.05, 4.69) is 5.32 Å². The standard InChI is InChI=1S/C15H17ClN2O3/c1-18(2)13-11(16)5-4-6-12(13)17-15(19)14-10(9-20-3)7-8-21-14/h4-8H,9H2,1-3H3,(H,17,19). The van der Waals surface area contributed by atoms with Crippen LogP contribution in [-0.4, -0.2) is 27.1 Å². The Balaban J connectivity index is 2.28. The molecular weight excluding hydrogens is 292 g/mol. The van der Waals surface area contributed by atoms with Crippen molar-refractivity contribution in [1.82, 2.24) is 0 Å². The zero-order valence-corrected chi connectivity index (χ0v) is 12.9. The number of amides is 1. The van der Waals surface area contributed by atoms with Gasteiger partial charge in [0.1, 0.15) is 0 Å². The summed E-state index contributed by atoms with van der Waals surface area (Å²) < 4.78 is 10.3. The molecule has 0 aliphatic heterocycles. The summed E-state index contributed by atoms with van der Waals surface area (Å²) in [6.07, 6.45) is 1.47. The number of furan rings is 1. The lowest BCUT2D eigenvalue weighted by molar-refractivity contribution is 0.0990. The number of halogens is 1. The molecule has 0 aliphatic rings. The van der Waals surface area contributed by atoms with Gasteiger partial charge in [0.15, 0.2) is 5.76 Å². The van der Waals surface area contributed by atoms with E-state index in [4.69, 9.17) is 20.8 Å². The maximum Gasteiger partial charge on any atom is 0.291 e. The highest BCUT2D eigenvalue weighted by Gasteiger charge is 2.18. The molecule has 1 N–H and O–H groups in total. The van der Waals surface area contributed by atoms with Gasteiger partial charge in [-0.2, -0.15) is 0 Å². The highest BCUT2D eigenvalue weighted by Crippen LogP contribution is 2.32. The molecule has 0 atom stereocenters. The second-order valence-electron chi connectivity index (χ2n) is 4.69. The lowest BCUT2D eigenvalue weighted by Gasteiger charge is -2.19. The predicted octanol–water partition coefficient (Wildman–Crippen LogP) is 3.40. The van der Waals surface area contributed by atoms with Crippen LogP contribution < -0.4 is 10.2 Å². The Morgan fingerprint density at radius 3 is 2.81 bits per heavy atom. The van der Waals surface area contributed by atoms with Crippen LogP contribution in [0, 0.1) is 0 Å². The summed E-state index contributed by atoms with van der Waals surface area (Å²) in [5, 5.41) is 3.38. The molecular formula is C15H17ClN2O3. The summed E-state index contributed by atoms with van der Waals surface area (Å²) >= 11 is 6.18. The number of anilines is 2. The van der Waals surface area contributed by atoms with Crippen molar-refractivity contribution < 1.29 is 13.9 Å². The number of methoxy groups -OCH3 is 1. The first-order chi connectivity index (χ1) is 10.0. The number of hydrogen-bond donors (Lipinski definition) is 1. The van der Waals surface area contributed by atoms with Crippen molar-refractivity contribution in [3.05, 3.63) is 46.9 Å². The van der Waals surface area contributed by atoms with E-state index < -0.39 is 0 Å². The first-order valence-corrected chi connectivity index (χ1v) is 6.75. The van der Waals surface area contributed by atoms with Gasteiger partial charge < -0.3 is 19.4 Å². The molecule has 1 aromatic heterocycles. The highest BCUT2D eigenvalue weighted by atomic mass is 35.5. The molecule has 1 aromatic carbocycles. The van der Waals surface area contributed by atoms with Crippen LogP contribution in [-0.2, 0) is 11.3 Å². The molecule has 0 aliphatic carbocycles. The van der Waals surface area contributed by atoms with E-state index in [1.54, 1.807) is 31.4 Å². The summed E-state index contributed by atoms with van der Waals surface area (Å²) in [7, 11) is 5.29. The van der Waals surface area contributed by atoms with Gasteiger partial charge in [-0.05, 0) is 18.2 Å². The van der Waals surface area contributed by atoms with E-state index >= 15 is 0 Å². The normalized spacial score (nSPS) is 10.5. The van der Waals surface area contributed by atoms with Gasteiger partial charge in [-0.15, -0.1) is 0 Å². The van der Waals surface area contributed by atoms with Crippen molar-refractivity contribution in [2.45, 2.75) is 6.61 Å². The van der Waals surface area contributed by atoms with Gasteiger partial charge in [-0.25, -0.2) is 0 Å². The lowest BCUT2D eigenvalue weighted by Crippen LogP contribution is -2.17. The molecule has 21 heavy (non-hydrogen) atoms. The van der Waals surface area contributed by atoms with Crippen LogP contribution >= 0.6 is 11.6 Å². The van der Waals surface area contributed by atoms with Gasteiger partial charge >= 0.3 is 0 Å². The second-order valence-corrected chi connectivity index (χ2v) is 5.10. The monoisotopic (exact) mass is 308 g/mol. The summed E-state index contributed by atoms with van der Waals surface area (Å²) in [4.78, 5) is 14.2. The Bertz CT molecular complexity index is 638. The van der Waals surface area contributed by atoms with Crippen molar-refractivity contribution in [3.8, 4) is 0 Å². The minimum absolute atomic E-state index is 0.238. The Morgan fingerprint density at radius 1 is 1.38 bits per heavy atom. The largest absolute Gasteiger partial charge is 0.459 e. The fourth-order valence-corrected chi connectivity index (χ4v) is 2.40. The molecule has 1 heterocycles. The molecule has 0 unspecified atom stereocenters. The SMILES string of the molecule is COCc1ccoc1C(=O)Nc1cccc(Cl)c1N(C)C. The summed E-state index contributed by atoms with van der Waals surface area (Å²) in [6, 6.07) is 7.06. The van der Waals surface area contributed by atoms with Crippen LogP contribution in [0.4, 0.5) is 11.4 Å². The second kappa shape index (κ2) is 6.65. The quantitative estimate of drug-likeness (QED) is 0.920. The number of ether oxygens (including phenoxy) is 1. The van der Waals surface area contributed by atoms with Crippen LogP contribution in [0.25, 0.3) is 0 Å². The Morgan fingerprint density at radius 2 is 2.14 bits per heavy atom. The van der Waals surface area contributed by atoms with Crippen LogP contribution in [0.3, 0.4) is 0 Å². The van der Waals surface area contributed by atoms with Crippen molar-refractivity contribution in [1.29, 1.82) is 0 Å². The fraction of sp³-hybridized carbons (Fsp3) is 0.267. The summed E-state index contributed by atoms with van der Waals surface area (Å²) in [5.74, 6) is -0.0982. The fourth-order valence-electron chi connectivity index (χ4n) is 2.05. The molecule has 2 rings (SSSR count). The van der Waals surface area contributed by atoms with Crippen molar-refractivity contribution >= 4 is 28.9 Å². The first-order valence-electron chi connectivity index (χ1n) is 6.37. The van der Waals surface area contributed by atoms with Gasteiger partial charge in [-0.1, -0.05) is 17.7 Å². The average molecular weight is 309 g/mol. The van der Waals surface area contributed by atoms with Crippen molar-refractivity contribution in [2.24, 2.45) is 0 Å².